The summed E-state index contributed by atoms with van der Waals surface area (Å²) in [4.78, 5) is 9.42. The highest BCUT2D eigenvalue weighted by atomic mass is 32.2. The fourth-order valence-electron chi connectivity index (χ4n) is 4.74. The van der Waals surface area contributed by atoms with Crippen LogP contribution in [0, 0.1) is 6.92 Å². The van der Waals surface area contributed by atoms with Crippen LogP contribution < -0.4 is 19.3 Å². The van der Waals surface area contributed by atoms with Gasteiger partial charge >= 0.3 is 0 Å². The van der Waals surface area contributed by atoms with Crippen molar-refractivity contribution in [3.8, 4) is 11.5 Å². The molecule has 186 valence electrons. The molecule has 0 radical (unpaired) electrons. The topological polar surface area (TPSA) is 72.0 Å². The van der Waals surface area contributed by atoms with Gasteiger partial charge in [0.15, 0.2) is 0 Å². The Labute approximate surface area is 211 Å². The van der Waals surface area contributed by atoms with Gasteiger partial charge in [-0.25, -0.2) is 8.42 Å². The molecule has 1 aromatic heterocycles. The molecule has 1 aliphatic rings. The van der Waals surface area contributed by atoms with Crippen LogP contribution in [-0.2, 0) is 9.84 Å². The molecule has 1 aliphatic heterocycles. The van der Waals surface area contributed by atoms with Crippen LogP contribution in [0.2, 0.25) is 0 Å². The summed E-state index contributed by atoms with van der Waals surface area (Å²) in [7, 11) is -0.583. The fourth-order valence-corrected chi connectivity index (χ4v) is 6.17. The second-order valence-electron chi connectivity index (χ2n) is 8.82. The number of fused-ring (bicyclic) bond motifs is 1. The maximum Gasteiger partial charge on any atom is 0.210 e. The summed E-state index contributed by atoms with van der Waals surface area (Å²) in [6, 6.07) is 20.4. The fraction of sp³-hybridized carbons (Fsp3) is 0.250. The molecule has 36 heavy (non-hydrogen) atoms. The number of nitrogens with zero attached hydrogens (tertiary/aromatic N) is 3. The second-order valence-corrected chi connectivity index (χ2v) is 10.7. The summed E-state index contributed by atoms with van der Waals surface area (Å²) in [6.07, 6.45) is 1.50. The lowest BCUT2D eigenvalue weighted by atomic mass is 10.1. The third-order valence-electron chi connectivity index (χ3n) is 6.64. The van der Waals surface area contributed by atoms with Crippen molar-refractivity contribution in [2.45, 2.75) is 16.7 Å². The van der Waals surface area contributed by atoms with Gasteiger partial charge in [-0.1, -0.05) is 23.8 Å². The van der Waals surface area contributed by atoms with Gasteiger partial charge < -0.3 is 19.3 Å². The SMILES string of the molecule is COc1ccc(S(=O)(=O)c2cnc3ccc(C)cc3c2N2CCN(c3ccccc3OC)CC2)cc1. The number of rotatable bonds is 6. The number of aromatic nitrogens is 1. The number of sulfone groups is 1. The highest BCUT2D eigenvalue weighted by Gasteiger charge is 2.29. The van der Waals surface area contributed by atoms with E-state index in [1.165, 1.54) is 6.20 Å². The van der Waals surface area contributed by atoms with E-state index >= 15 is 0 Å². The van der Waals surface area contributed by atoms with E-state index in [1.54, 1.807) is 38.5 Å². The quantitative estimate of drug-likeness (QED) is 0.377. The summed E-state index contributed by atoms with van der Waals surface area (Å²) in [5, 5.41) is 0.843. The van der Waals surface area contributed by atoms with Gasteiger partial charge in [-0.2, -0.15) is 0 Å². The molecule has 0 aliphatic carbocycles. The van der Waals surface area contributed by atoms with Gasteiger partial charge in [-0.05, 0) is 55.5 Å². The third kappa shape index (κ3) is 4.33. The zero-order chi connectivity index (χ0) is 25.3. The monoisotopic (exact) mass is 503 g/mol. The summed E-state index contributed by atoms with van der Waals surface area (Å²) >= 11 is 0. The van der Waals surface area contributed by atoms with E-state index in [0.29, 0.717) is 24.5 Å². The Morgan fingerprint density at radius 2 is 1.53 bits per heavy atom. The Morgan fingerprint density at radius 3 is 2.22 bits per heavy atom. The predicted molar refractivity (Wildman–Crippen MR) is 142 cm³/mol. The largest absolute Gasteiger partial charge is 0.497 e. The van der Waals surface area contributed by atoms with Crippen LogP contribution in [0.3, 0.4) is 0 Å². The molecule has 0 bridgehead atoms. The van der Waals surface area contributed by atoms with Gasteiger partial charge in [0.1, 0.15) is 16.4 Å². The highest BCUT2D eigenvalue weighted by Crippen LogP contribution is 2.38. The Balaban J connectivity index is 1.57. The van der Waals surface area contributed by atoms with Gasteiger partial charge in [-0.3, -0.25) is 4.98 Å². The van der Waals surface area contributed by atoms with Crippen LogP contribution in [0.15, 0.2) is 82.7 Å². The number of aryl methyl sites for hydroxylation is 1. The average molecular weight is 504 g/mol. The van der Waals surface area contributed by atoms with Crippen LogP contribution in [0.25, 0.3) is 10.9 Å². The summed E-state index contributed by atoms with van der Waals surface area (Å²) in [6.45, 7) is 4.80. The van der Waals surface area contributed by atoms with Gasteiger partial charge in [0.2, 0.25) is 9.84 Å². The lowest BCUT2D eigenvalue weighted by Crippen LogP contribution is -2.47. The summed E-state index contributed by atoms with van der Waals surface area (Å²) in [5.41, 5.74) is 3.58. The third-order valence-corrected chi connectivity index (χ3v) is 8.41. The van der Waals surface area contributed by atoms with Crippen molar-refractivity contribution in [2.75, 3.05) is 50.2 Å². The number of para-hydroxylation sites is 2. The number of pyridine rings is 1. The number of ether oxygens (including phenoxy) is 2. The maximum atomic E-state index is 13.9. The first-order valence-electron chi connectivity index (χ1n) is 11.8. The Morgan fingerprint density at radius 1 is 0.833 bits per heavy atom. The second kappa shape index (κ2) is 9.70. The lowest BCUT2D eigenvalue weighted by Gasteiger charge is -2.38. The van der Waals surface area contributed by atoms with Crippen LogP contribution in [-0.4, -0.2) is 53.8 Å². The molecule has 0 amide bonds. The zero-order valence-corrected chi connectivity index (χ0v) is 21.5. The zero-order valence-electron chi connectivity index (χ0n) is 20.6. The minimum Gasteiger partial charge on any atom is -0.497 e. The molecule has 0 N–H and O–H groups in total. The molecule has 1 saturated heterocycles. The van der Waals surface area contributed by atoms with Crippen LogP contribution in [0.5, 0.6) is 11.5 Å². The van der Waals surface area contributed by atoms with Crippen molar-refractivity contribution in [3.05, 3.63) is 78.5 Å². The predicted octanol–water partition coefficient (Wildman–Crippen LogP) is 4.72. The molecular formula is C28H29N3O4S. The Bertz CT molecular complexity index is 1500. The van der Waals surface area contributed by atoms with Crippen LogP contribution in [0.4, 0.5) is 11.4 Å². The summed E-state index contributed by atoms with van der Waals surface area (Å²) in [5.74, 6) is 1.44. The molecule has 1 fully saturated rings. The number of hydrogen-bond donors (Lipinski definition) is 0. The van der Waals surface area contributed by atoms with Gasteiger partial charge in [-0.15, -0.1) is 0 Å². The van der Waals surface area contributed by atoms with Crippen LogP contribution >= 0.6 is 0 Å². The first-order valence-corrected chi connectivity index (χ1v) is 13.3. The Kier molecular flexibility index (Phi) is 6.45. The summed E-state index contributed by atoms with van der Waals surface area (Å²) < 4.78 is 38.5. The molecule has 3 aromatic carbocycles. The molecule has 0 atom stereocenters. The lowest BCUT2D eigenvalue weighted by molar-refractivity contribution is 0.413. The van der Waals surface area contributed by atoms with Crippen molar-refractivity contribution in [1.82, 2.24) is 4.98 Å². The van der Waals surface area contributed by atoms with E-state index in [4.69, 9.17) is 9.47 Å². The first-order chi connectivity index (χ1) is 17.4. The molecule has 7 nitrogen and oxygen atoms in total. The molecule has 8 heteroatoms. The van der Waals surface area contributed by atoms with Crippen molar-refractivity contribution in [2.24, 2.45) is 0 Å². The highest BCUT2D eigenvalue weighted by molar-refractivity contribution is 7.91. The number of methoxy groups -OCH3 is 2. The van der Waals surface area contributed by atoms with E-state index in [1.807, 2.05) is 43.3 Å². The Hall–Kier alpha value is -3.78. The van der Waals surface area contributed by atoms with E-state index in [9.17, 15) is 8.42 Å². The van der Waals surface area contributed by atoms with E-state index in [0.717, 1.165) is 41.0 Å². The molecule has 0 spiro atoms. The number of hydrogen-bond acceptors (Lipinski definition) is 7. The van der Waals surface area contributed by atoms with E-state index in [-0.39, 0.29) is 9.79 Å². The smallest absolute Gasteiger partial charge is 0.210 e. The van der Waals surface area contributed by atoms with Gasteiger partial charge in [0.25, 0.3) is 0 Å². The van der Waals surface area contributed by atoms with Crippen molar-refractivity contribution < 1.29 is 17.9 Å². The molecule has 0 saturated carbocycles. The maximum absolute atomic E-state index is 13.9. The standard InChI is InChI=1S/C28H29N3O4S/c1-20-8-13-24-23(18-20)28(27(19-29-24)36(32,33)22-11-9-21(34-2)10-12-22)31-16-14-30(15-17-31)25-6-4-5-7-26(25)35-3/h4-13,18-19H,14-17H2,1-3H3. The van der Waals surface area contributed by atoms with Crippen molar-refractivity contribution >= 4 is 32.1 Å². The number of piperazine rings is 1. The minimum absolute atomic E-state index is 0.214. The first kappa shape index (κ1) is 23.9. The number of anilines is 2. The molecular weight excluding hydrogens is 474 g/mol. The molecule has 0 unspecified atom stereocenters. The molecule has 2 heterocycles. The van der Waals surface area contributed by atoms with E-state index < -0.39 is 9.84 Å². The normalized spacial score (nSPS) is 14.2. The van der Waals surface area contributed by atoms with Crippen molar-refractivity contribution in [1.29, 1.82) is 0 Å². The minimum atomic E-state index is -3.82. The van der Waals surface area contributed by atoms with E-state index in [2.05, 4.69) is 20.9 Å². The molecule has 4 aromatic rings. The average Bonchev–Trinajstić information content (AvgIpc) is 2.92. The van der Waals surface area contributed by atoms with Crippen LogP contribution in [0.1, 0.15) is 5.56 Å². The van der Waals surface area contributed by atoms with Gasteiger partial charge in [0.05, 0.1) is 36.0 Å². The van der Waals surface area contributed by atoms with Crippen molar-refractivity contribution in [3.63, 3.8) is 0 Å². The van der Waals surface area contributed by atoms with Gasteiger partial charge in [0, 0.05) is 37.8 Å². The molecule has 5 rings (SSSR count). The number of benzene rings is 3.